The van der Waals surface area contributed by atoms with Gasteiger partial charge in [-0.3, -0.25) is 0 Å². The SMILES string of the molecule is Fc1cc(Br)cc(-c2cc(F)ccc2F)c1. The Hall–Kier alpha value is -1.29. The molecule has 0 aliphatic heterocycles. The predicted molar refractivity (Wildman–Crippen MR) is 59.5 cm³/mol. The lowest BCUT2D eigenvalue weighted by atomic mass is 10.1. The summed E-state index contributed by atoms with van der Waals surface area (Å²) >= 11 is 3.10. The summed E-state index contributed by atoms with van der Waals surface area (Å²) in [6.45, 7) is 0. The average molecular weight is 287 g/mol. The van der Waals surface area contributed by atoms with Gasteiger partial charge in [0.15, 0.2) is 0 Å². The van der Waals surface area contributed by atoms with E-state index in [2.05, 4.69) is 15.9 Å². The molecule has 0 atom stereocenters. The molecule has 0 heterocycles. The molecule has 2 rings (SSSR count). The third kappa shape index (κ3) is 2.27. The smallest absolute Gasteiger partial charge is 0.131 e. The minimum absolute atomic E-state index is 0.0419. The van der Waals surface area contributed by atoms with Crippen LogP contribution in [0.25, 0.3) is 11.1 Å². The maximum atomic E-state index is 13.4. The van der Waals surface area contributed by atoms with E-state index < -0.39 is 17.5 Å². The molecule has 0 radical (unpaired) electrons. The molecule has 0 fully saturated rings. The molecular weight excluding hydrogens is 281 g/mol. The highest BCUT2D eigenvalue weighted by Gasteiger charge is 2.08. The lowest BCUT2D eigenvalue weighted by Gasteiger charge is -2.04. The van der Waals surface area contributed by atoms with Gasteiger partial charge in [-0.2, -0.15) is 0 Å². The van der Waals surface area contributed by atoms with E-state index in [0.717, 1.165) is 24.3 Å². The van der Waals surface area contributed by atoms with Crippen molar-refractivity contribution in [1.29, 1.82) is 0 Å². The molecule has 0 amide bonds. The van der Waals surface area contributed by atoms with Crippen molar-refractivity contribution in [1.82, 2.24) is 0 Å². The van der Waals surface area contributed by atoms with Crippen molar-refractivity contribution in [3.8, 4) is 11.1 Å². The molecular formula is C12H6BrF3. The van der Waals surface area contributed by atoms with Crippen LogP contribution in [0.15, 0.2) is 40.9 Å². The van der Waals surface area contributed by atoms with E-state index in [-0.39, 0.29) is 5.56 Å². The van der Waals surface area contributed by atoms with Crippen molar-refractivity contribution in [3.63, 3.8) is 0 Å². The number of hydrogen-bond acceptors (Lipinski definition) is 0. The Morgan fingerprint density at radius 3 is 2.25 bits per heavy atom. The third-order valence-corrected chi connectivity index (χ3v) is 2.56. The maximum absolute atomic E-state index is 13.4. The zero-order chi connectivity index (χ0) is 11.7. The Balaban J connectivity index is 2.62. The fourth-order valence-corrected chi connectivity index (χ4v) is 1.89. The van der Waals surface area contributed by atoms with Crippen molar-refractivity contribution >= 4 is 15.9 Å². The van der Waals surface area contributed by atoms with Crippen LogP contribution in [-0.4, -0.2) is 0 Å². The van der Waals surface area contributed by atoms with Gasteiger partial charge < -0.3 is 0 Å². The monoisotopic (exact) mass is 286 g/mol. The second-order valence-corrected chi connectivity index (χ2v) is 4.20. The van der Waals surface area contributed by atoms with E-state index in [1.165, 1.54) is 12.1 Å². The molecule has 2 aromatic rings. The van der Waals surface area contributed by atoms with Gasteiger partial charge in [-0.15, -0.1) is 0 Å². The van der Waals surface area contributed by atoms with Crippen LogP contribution >= 0.6 is 15.9 Å². The maximum Gasteiger partial charge on any atom is 0.131 e. The summed E-state index contributed by atoms with van der Waals surface area (Å²) in [5.74, 6) is -1.65. The van der Waals surface area contributed by atoms with Crippen LogP contribution in [0.3, 0.4) is 0 Å². The first kappa shape index (κ1) is 11.2. The largest absolute Gasteiger partial charge is 0.207 e. The Kier molecular flexibility index (Phi) is 3.01. The third-order valence-electron chi connectivity index (χ3n) is 2.10. The second-order valence-electron chi connectivity index (χ2n) is 3.28. The molecule has 2 aromatic carbocycles. The fraction of sp³-hybridized carbons (Fsp3) is 0. The minimum Gasteiger partial charge on any atom is -0.207 e. The first-order chi connectivity index (χ1) is 7.56. The standard InChI is InChI=1S/C12H6BrF3/c13-8-3-7(4-10(15)5-8)11-6-9(14)1-2-12(11)16/h1-6H. The molecule has 0 nitrogen and oxygen atoms in total. The van der Waals surface area contributed by atoms with Gasteiger partial charge >= 0.3 is 0 Å². The summed E-state index contributed by atoms with van der Waals surface area (Å²) in [4.78, 5) is 0. The molecule has 0 bridgehead atoms. The van der Waals surface area contributed by atoms with Crippen molar-refractivity contribution in [2.24, 2.45) is 0 Å². The molecule has 16 heavy (non-hydrogen) atoms. The van der Waals surface area contributed by atoms with E-state index in [9.17, 15) is 13.2 Å². The number of benzene rings is 2. The lowest BCUT2D eigenvalue weighted by molar-refractivity contribution is 0.602. The van der Waals surface area contributed by atoms with E-state index in [1.54, 1.807) is 0 Å². The van der Waals surface area contributed by atoms with Gasteiger partial charge in [0.25, 0.3) is 0 Å². The van der Waals surface area contributed by atoms with Crippen LogP contribution < -0.4 is 0 Å². The van der Waals surface area contributed by atoms with Crippen LogP contribution in [0.4, 0.5) is 13.2 Å². The Labute approximate surface area is 98.9 Å². The second kappa shape index (κ2) is 4.29. The lowest BCUT2D eigenvalue weighted by Crippen LogP contribution is -1.87. The topological polar surface area (TPSA) is 0 Å². The van der Waals surface area contributed by atoms with Crippen molar-refractivity contribution < 1.29 is 13.2 Å². The van der Waals surface area contributed by atoms with Crippen LogP contribution in [0, 0.1) is 17.5 Å². The van der Waals surface area contributed by atoms with Gasteiger partial charge in [-0.25, -0.2) is 13.2 Å². The van der Waals surface area contributed by atoms with Gasteiger partial charge in [0, 0.05) is 10.0 Å². The molecule has 0 unspecified atom stereocenters. The summed E-state index contributed by atoms with van der Waals surface area (Å²) in [7, 11) is 0. The van der Waals surface area contributed by atoms with E-state index in [4.69, 9.17) is 0 Å². The van der Waals surface area contributed by atoms with Crippen LogP contribution in [0.2, 0.25) is 0 Å². The van der Waals surface area contributed by atoms with E-state index >= 15 is 0 Å². The molecule has 0 aromatic heterocycles. The van der Waals surface area contributed by atoms with Crippen LogP contribution in [0.1, 0.15) is 0 Å². The van der Waals surface area contributed by atoms with E-state index in [0.29, 0.717) is 10.0 Å². The van der Waals surface area contributed by atoms with E-state index in [1.807, 2.05) is 0 Å². The molecule has 0 saturated carbocycles. The quantitative estimate of drug-likeness (QED) is 0.722. The van der Waals surface area contributed by atoms with Gasteiger partial charge in [0.2, 0.25) is 0 Å². The van der Waals surface area contributed by atoms with Crippen molar-refractivity contribution in [3.05, 3.63) is 58.3 Å². The normalized spacial score (nSPS) is 10.5. The minimum atomic E-state index is -0.584. The van der Waals surface area contributed by atoms with Gasteiger partial charge in [-0.1, -0.05) is 15.9 Å². The Morgan fingerprint density at radius 2 is 1.56 bits per heavy atom. The Morgan fingerprint density at radius 1 is 0.812 bits per heavy atom. The zero-order valence-corrected chi connectivity index (χ0v) is 9.56. The average Bonchev–Trinajstić information content (AvgIpc) is 2.20. The summed E-state index contributed by atoms with van der Waals surface area (Å²) < 4.78 is 40.0. The van der Waals surface area contributed by atoms with Gasteiger partial charge in [0.05, 0.1) is 0 Å². The molecule has 0 aliphatic rings. The first-order valence-corrected chi connectivity index (χ1v) is 5.27. The number of rotatable bonds is 1. The molecule has 0 N–H and O–H groups in total. The number of halogens is 4. The molecule has 82 valence electrons. The summed E-state index contributed by atoms with van der Waals surface area (Å²) in [6.07, 6.45) is 0. The summed E-state index contributed by atoms with van der Waals surface area (Å²) in [5, 5.41) is 0. The molecule has 0 aliphatic carbocycles. The Bertz CT molecular complexity index is 518. The van der Waals surface area contributed by atoms with Crippen molar-refractivity contribution in [2.75, 3.05) is 0 Å². The highest BCUT2D eigenvalue weighted by atomic mass is 79.9. The van der Waals surface area contributed by atoms with Crippen LogP contribution in [0.5, 0.6) is 0 Å². The molecule has 0 saturated heterocycles. The highest BCUT2D eigenvalue weighted by Crippen LogP contribution is 2.27. The molecule has 0 spiro atoms. The van der Waals surface area contributed by atoms with Crippen LogP contribution in [-0.2, 0) is 0 Å². The first-order valence-electron chi connectivity index (χ1n) is 4.48. The fourth-order valence-electron chi connectivity index (χ4n) is 1.43. The molecule has 4 heteroatoms. The van der Waals surface area contributed by atoms with Gasteiger partial charge in [-0.05, 0) is 42.0 Å². The van der Waals surface area contributed by atoms with Gasteiger partial charge in [0.1, 0.15) is 17.5 Å². The summed E-state index contributed by atoms with van der Waals surface area (Å²) in [6, 6.07) is 7.01. The predicted octanol–water partition coefficient (Wildman–Crippen LogP) is 4.53. The number of hydrogen-bond donors (Lipinski definition) is 0. The van der Waals surface area contributed by atoms with Crippen molar-refractivity contribution in [2.45, 2.75) is 0 Å². The summed E-state index contributed by atoms with van der Waals surface area (Å²) in [5.41, 5.74) is 0.337. The zero-order valence-electron chi connectivity index (χ0n) is 7.98. The highest BCUT2D eigenvalue weighted by molar-refractivity contribution is 9.10.